The molecule has 2 saturated carbocycles. The first-order valence-electron chi connectivity index (χ1n) is 10.2. The van der Waals surface area contributed by atoms with Crippen LogP contribution in [0.1, 0.15) is 76.8 Å². The van der Waals surface area contributed by atoms with Crippen LogP contribution in [0, 0.1) is 17.3 Å². The summed E-state index contributed by atoms with van der Waals surface area (Å²) >= 11 is 0. The molecule has 0 radical (unpaired) electrons. The summed E-state index contributed by atoms with van der Waals surface area (Å²) < 4.78 is 11.2. The van der Waals surface area contributed by atoms with Crippen molar-refractivity contribution in [1.82, 2.24) is 0 Å². The maximum absolute atomic E-state index is 11.7. The highest BCUT2D eigenvalue weighted by molar-refractivity contribution is 5.69. The molecule has 0 amide bonds. The zero-order valence-electron chi connectivity index (χ0n) is 16.8. The van der Waals surface area contributed by atoms with Crippen LogP contribution in [0.3, 0.4) is 0 Å². The monoisotopic (exact) mass is 370 g/mol. The molecule has 0 N–H and O–H groups in total. The van der Waals surface area contributed by atoms with Crippen LogP contribution >= 0.6 is 0 Å². The average Bonchev–Trinajstić information content (AvgIpc) is 2.84. The fourth-order valence-electron chi connectivity index (χ4n) is 6.50. The first kappa shape index (κ1) is 18.5. The molecule has 2 fully saturated rings. The third-order valence-corrected chi connectivity index (χ3v) is 7.86. The summed E-state index contributed by atoms with van der Waals surface area (Å²) in [5.74, 6) is 2.04. The minimum absolute atomic E-state index is 0.0645. The lowest BCUT2D eigenvalue weighted by Crippen LogP contribution is -2.51. The van der Waals surface area contributed by atoms with E-state index in [0.29, 0.717) is 23.5 Å². The molecule has 4 rings (SSSR count). The normalized spacial score (nSPS) is 37.0. The SMILES string of the molecule is CC(=O)Oc1ccc2c(c1)CC[C@@H]1[C@@H]2CC[C@]2(C)[C@@H]1CC[C@@]2(C)OC(C)=O. The highest BCUT2D eigenvalue weighted by Gasteiger charge is 2.61. The number of fused-ring (bicyclic) bond motifs is 5. The van der Waals surface area contributed by atoms with Gasteiger partial charge in [-0.15, -0.1) is 0 Å². The molecule has 3 aliphatic carbocycles. The van der Waals surface area contributed by atoms with Crippen LogP contribution < -0.4 is 4.74 Å². The minimum Gasteiger partial charge on any atom is -0.459 e. The topological polar surface area (TPSA) is 52.6 Å². The van der Waals surface area contributed by atoms with Gasteiger partial charge in [-0.25, -0.2) is 0 Å². The van der Waals surface area contributed by atoms with E-state index in [1.807, 2.05) is 6.07 Å². The molecule has 3 aliphatic rings. The van der Waals surface area contributed by atoms with Gasteiger partial charge in [0.1, 0.15) is 11.4 Å². The van der Waals surface area contributed by atoms with Crippen molar-refractivity contribution in [2.75, 3.05) is 0 Å². The summed E-state index contributed by atoms with van der Waals surface area (Å²) in [7, 11) is 0. The van der Waals surface area contributed by atoms with E-state index in [9.17, 15) is 9.59 Å². The van der Waals surface area contributed by atoms with Crippen LogP contribution in [0.15, 0.2) is 18.2 Å². The third kappa shape index (κ3) is 2.88. The first-order valence-corrected chi connectivity index (χ1v) is 10.2. The highest BCUT2D eigenvalue weighted by Crippen LogP contribution is 2.65. The van der Waals surface area contributed by atoms with Gasteiger partial charge in [-0.05, 0) is 86.5 Å². The summed E-state index contributed by atoms with van der Waals surface area (Å²) in [4.78, 5) is 23.0. The van der Waals surface area contributed by atoms with Gasteiger partial charge >= 0.3 is 11.9 Å². The quantitative estimate of drug-likeness (QED) is 0.555. The Morgan fingerprint density at radius 1 is 1.04 bits per heavy atom. The smallest absolute Gasteiger partial charge is 0.308 e. The molecule has 5 atom stereocenters. The molecule has 0 bridgehead atoms. The van der Waals surface area contributed by atoms with Crippen LogP contribution in [0.2, 0.25) is 0 Å². The molecule has 1 aromatic rings. The summed E-state index contributed by atoms with van der Waals surface area (Å²) in [6.07, 6.45) is 6.53. The van der Waals surface area contributed by atoms with Gasteiger partial charge < -0.3 is 9.47 Å². The van der Waals surface area contributed by atoms with Crippen LogP contribution in [-0.2, 0) is 20.7 Å². The van der Waals surface area contributed by atoms with Gasteiger partial charge in [0.2, 0.25) is 0 Å². The number of benzene rings is 1. The Hall–Kier alpha value is -1.84. The van der Waals surface area contributed by atoms with Crippen molar-refractivity contribution in [2.45, 2.75) is 77.7 Å². The van der Waals surface area contributed by atoms with Crippen molar-refractivity contribution >= 4 is 11.9 Å². The number of aryl methyl sites for hydroxylation is 1. The van der Waals surface area contributed by atoms with Crippen molar-refractivity contribution < 1.29 is 19.1 Å². The summed E-state index contributed by atoms with van der Waals surface area (Å²) in [6, 6.07) is 6.17. The van der Waals surface area contributed by atoms with Crippen molar-refractivity contribution in [1.29, 1.82) is 0 Å². The number of hydrogen-bond donors (Lipinski definition) is 0. The second-order valence-corrected chi connectivity index (χ2v) is 9.19. The van der Waals surface area contributed by atoms with Crippen LogP contribution in [-0.4, -0.2) is 17.5 Å². The van der Waals surface area contributed by atoms with Gasteiger partial charge in [0.15, 0.2) is 0 Å². The molecule has 0 unspecified atom stereocenters. The molecule has 0 spiro atoms. The maximum atomic E-state index is 11.7. The second kappa shape index (κ2) is 6.35. The average molecular weight is 370 g/mol. The molecular formula is C23H30O4. The standard InChI is InChI=1S/C23H30O4/c1-14(24)26-17-6-8-18-16(13-17)5-7-20-19(18)9-11-22(3)21(20)10-12-23(22,4)27-15(2)25/h6,8,13,19-21H,5,7,9-12H2,1-4H3/t19-,20-,21-,22-,23-/m1/s1. The molecular weight excluding hydrogens is 340 g/mol. The Balaban J connectivity index is 1.61. The number of carbonyl (C=O) groups is 2. The van der Waals surface area contributed by atoms with Gasteiger partial charge in [-0.3, -0.25) is 9.59 Å². The Bertz CT molecular complexity index is 785. The largest absolute Gasteiger partial charge is 0.459 e. The predicted molar refractivity (Wildman–Crippen MR) is 103 cm³/mol. The van der Waals surface area contributed by atoms with Crippen LogP contribution in [0.4, 0.5) is 0 Å². The molecule has 4 nitrogen and oxygen atoms in total. The second-order valence-electron chi connectivity index (χ2n) is 9.19. The van der Waals surface area contributed by atoms with Crippen LogP contribution in [0.5, 0.6) is 5.75 Å². The molecule has 4 heteroatoms. The highest BCUT2D eigenvalue weighted by atomic mass is 16.6. The number of hydrogen-bond acceptors (Lipinski definition) is 4. The predicted octanol–water partition coefficient (Wildman–Crippen LogP) is 4.79. The van der Waals surface area contributed by atoms with E-state index in [1.165, 1.54) is 25.0 Å². The Kier molecular flexibility index (Phi) is 4.36. The van der Waals surface area contributed by atoms with E-state index < -0.39 is 0 Å². The van der Waals surface area contributed by atoms with E-state index in [2.05, 4.69) is 26.0 Å². The molecule has 0 heterocycles. The zero-order valence-corrected chi connectivity index (χ0v) is 16.8. The molecule has 0 aliphatic heterocycles. The van der Waals surface area contributed by atoms with Crippen molar-refractivity contribution in [3.63, 3.8) is 0 Å². The van der Waals surface area contributed by atoms with Crippen molar-refractivity contribution in [2.24, 2.45) is 17.3 Å². The van der Waals surface area contributed by atoms with Gasteiger partial charge in [0, 0.05) is 19.3 Å². The molecule has 146 valence electrons. The Morgan fingerprint density at radius 2 is 1.81 bits per heavy atom. The van der Waals surface area contributed by atoms with E-state index in [1.54, 1.807) is 0 Å². The Morgan fingerprint density at radius 3 is 2.52 bits per heavy atom. The van der Waals surface area contributed by atoms with Gasteiger partial charge in [0.05, 0.1) is 0 Å². The summed E-state index contributed by atoms with van der Waals surface area (Å²) in [5, 5.41) is 0. The minimum atomic E-state index is -0.339. The summed E-state index contributed by atoms with van der Waals surface area (Å²) in [5.41, 5.74) is 2.49. The fourth-order valence-corrected chi connectivity index (χ4v) is 6.50. The fraction of sp³-hybridized carbons (Fsp3) is 0.652. The van der Waals surface area contributed by atoms with Crippen LogP contribution in [0.25, 0.3) is 0 Å². The molecule has 27 heavy (non-hydrogen) atoms. The van der Waals surface area contributed by atoms with Gasteiger partial charge in [-0.2, -0.15) is 0 Å². The van der Waals surface area contributed by atoms with E-state index in [4.69, 9.17) is 9.47 Å². The number of rotatable bonds is 2. The van der Waals surface area contributed by atoms with E-state index in [0.717, 1.165) is 38.5 Å². The lowest BCUT2D eigenvalue weighted by molar-refractivity contribution is -0.173. The molecule has 1 aromatic carbocycles. The lowest BCUT2D eigenvalue weighted by Gasteiger charge is -2.53. The van der Waals surface area contributed by atoms with Crippen molar-refractivity contribution in [3.8, 4) is 5.75 Å². The molecule has 0 saturated heterocycles. The van der Waals surface area contributed by atoms with Gasteiger partial charge in [0.25, 0.3) is 0 Å². The zero-order chi connectivity index (χ0) is 19.4. The van der Waals surface area contributed by atoms with E-state index >= 15 is 0 Å². The third-order valence-electron chi connectivity index (χ3n) is 7.86. The number of carbonyl (C=O) groups excluding carboxylic acids is 2. The number of esters is 2. The van der Waals surface area contributed by atoms with E-state index in [-0.39, 0.29) is 23.0 Å². The lowest BCUT2D eigenvalue weighted by atomic mass is 9.53. The van der Waals surface area contributed by atoms with Crippen molar-refractivity contribution in [3.05, 3.63) is 29.3 Å². The Labute approximate surface area is 161 Å². The number of ether oxygens (including phenoxy) is 2. The summed E-state index contributed by atoms with van der Waals surface area (Å²) in [6.45, 7) is 7.48. The van der Waals surface area contributed by atoms with Gasteiger partial charge in [-0.1, -0.05) is 13.0 Å². The molecule has 0 aromatic heterocycles. The first-order chi connectivity index (χ1) is 12.7. The maximum Gasteiger partial charge on any atom is 0.308 e.